The van der Waals surface area contributed by atoms with Gasteiger partial charge in [0.1, 0.15) is 11.9 Å². The van der Waals surface area contributed by atoms with Gasteiger partial charge in [0.25, 0.3) is 0 Å². The fourth-order valence-electron chi connectivity index (χ4n) is 2.18. The van der Waals surface area contributed by atoms with Crippen molar-refractivity contribution in [3.8, 4) is 5.75 Å². The van der Waals surface area contributed by atoms with Crippen molar-refractivity contribution in [1.29, 1.82) is 0 Å². The van der Waals surface area contributed by atoms with Crippen molar-refractivity contribution in [2.75, 3.05) is 12.9 Å². The Balaban J connectivity index is 2.76. The van der Waals surface area contributed by atoms with E-state index in [-0.39, 0.29) is 5.12 Å². The molecule has 4 nitrogen and oxygen atoms in total. The lowest BCUT2D eigenvalue weighted by molar-refractivity contribution is -0.109. The van der Waals surface area contributed by atoms with Crippen LogP contribution in [0.2, 0.25) is 0 Å². The van der Waals surface area contributed by atoms with E-state index in [0.29, 0.717) is 17.7 Å². The van der Waals surface area contributed by atoms with Crippen molar-refractivity contribution in [3.63, 3.8) is 0 Å². The molecular weight excluding hydrogens is 276 g/mol. The zero-order valence-corrected chi connectivity index (χ0v) is 13.2. The van der Waals surface area contributed by atoms with E-state index in [2.05, 4.69) is 0 Å². The Bertz CT molecular complexity index is 450. The summed E-state index contributed by atoms with van der Waals surface area (Å²) in [5.74, 6) is 1.30. The SMILES string of the molecule is COc1c(C)cc(C(O)C(O)CCSC(C)=O)cc1C. The van der Waals surface area contributed by atoms with Gasteiger partial charge in [-0.25, -0.2) is 0 Å². The quantitative estimate of drug-likeness (QED) is 0.844. The highest BCUT2D eigenvalue weighted by Crippen LogP contribution is 2.29. The van der Waals surface area contributed by atoms with E-state index >= 15 is 0 Å². The number of aliphatic hydroxyl groups excluding tert-OH is 2. The summed E-state index contributed by atoms with van der Waals surface area (Å²) in [6.45, 7) is 5.30. The molecule has 0 saturated carbocycles. The Morgan fingerprint density at radius 3 is 2.30 bits per heavy atom. The molecular formula is C15H22O4S. The van der Waals surface area contributed by atoms with Crippen molar-refractivity contribution in [3.05, 3.63) is 28.8 Å². The van der Waals surface area contributed by atoms with Crippen LogP contribution in [-0.4, -0.2) is 34.3 Å². The number of carbonyl (C=O) groups is 1. The van der Waals surface area contributed by atoms with Crippen molar-refractivity contribution < 1.29 is 19.7 Å². The van der Waals surface area contributed by atoms with Crippen molar-refractivity contribution in [2.24, 2.45) is 0 Å². The summed E-state index contributed by atoms with van der Waals surface area (Å²) in [4.78, 5) is 10.8. The molecule has 5 heteroatoms. The number of ether oxygens (including phenoxy) is 1. The predicted octanol–water partition coefficient (Wildman–Crippen LogP) is 2.38. The Kier molecular flexibility index (Phi) is 6.52. The first-order chi connectivity index (χ1) is 9.36. The Labute approximate surface area is 124 Å². The average Bonchev–Trinajstić information content (AvgIpc) is 2.36. The number of hydrogen-bond donors (Lipinski definition) is 2. The van der Waals surface area contributed by atoms with Gasteiger partial charge in [0.05, 0.1) is 13.2 Å². The monoisotopic (exact) mass is 298 g/mol. The standard InChI is InChI=1S/C15H22O4S/c1-9-7-12(8-10(2)15(9)19-4)14(18)13(17)5-6-20-11(3)16/h7-8,13-14,17-18H,5-6H2,1-4H3. The molecule has 0 aromatic heterocycles. The van der Waals surface area contributed by atoms with Crippen LogP contribution in [0.3, 0.4) is 0 Å². The molecule has 1 rings (SSSR count). The van der Waals surface area contributed by atoms with E-state index in [1.807, 2.05) is 26.0 Å². The van der Waals surface area contributed by atoms with E-state index in [9.17, 15) is 15.0 Å². The molecule has 0 bridgehead atoms. The van der Waals surface area contributed by atoms with Gasteiger partial charge < -0.3 is 14.9 Å². The van der Waals surface area contributed by atoms with Gasteiger partial charge in [-0.2, -0.15) is 0 Å². The summed E-state index contributed by atoms with van der Waals surface area (Å²) in [5, 5.41) is 20.2. The van der Waals surface area contributed by atoms with Crippen LogP contribution in [0.25, 0.3) is 0 Å². The number of rotatable bonds is 6. The first kappa shape index (κ1) is 17.0. The van der Waals surface area contributed by atoms with Crippen molar-refractivity contribution >= 4 is 16.9 Å². The van der Waals surface area contributed by atoms with Gasteiger partial charge >= 0.3 is 0 Å². The number of benzene rings is 1. The van der Waals surface area contributed by atoms with Gasteiger partial charge in [0.15, 0.2) is 5.12 Å². The number of aryl methyl sites for hydroxylation is 2. The third-order valence-corrected chi connectivity index (χ3v) is 3.96. The highest BCUT2D eigenvalue weighted by molar-refractivity contribution is 8.13. The molecule has 0 heterocycles. The number of methoxy groups -OCH3 is 1. The lowest BCUT2D eigenvalue weighted by Gasteiger charge is -2.20. The summed E-state index contributed by atoms with van der Waals surface area (Å²) in [6, 6.07) is 3.63. The molecule has 20 heavy (non-hydrogen) atoms. The molecule has 0 aliphatic carbocycles. The fraction of sp³-hybridized carbons (Fsp3) is 0.533. The van der Waals surface area contributed by atoms with Crippen LogP contribution >= 0.6 is 11.8 Å². The Morgan fingerprint density at radius 2 is 1.85 bits per heavy atom. The summed E-state index contributed by atoms with van der Waals surface area (Å²) in [6.07, 6.45) is -1.46. The highest BCUT2D eigenvalue weighted by atomic mass is 32.2. The minimum Gasteiger partial charge on any atom is -0.496 e. The number of thioether (sulfide) groups is 1. The van der Waals surface area contributed by atoms with Gasteiger partial charge in [-0.1, -0.05) is 11.8 Å². The molecule has 0 radical (unpaired) electrons. The van der Waals surface area contributed by atoms with E-state index in [1.54, 1.807) is 7.11 Å². The van der Waals surface area contributed by atoms with Crippen molar-refractivity contribution in [2.45, 2.75) is 39.4 Å². The van der Waals surface area contributed by atoms with Crippen LogP contribution in [0.4, 0.5) is 0 Å². The van der Waals surface area contributed by atoms with E-state index in [4.69, 9.17) is 4.74 Å². The Morgan fingerprint density at radius 1 is 1.30 bits per heavy atom. The average molecular weight is 298 g/mol. The molecule has 0 fully saturated rings. The van der Waals surface area contributed by atoms with Crippen LogP contribution in [-0.2, 0) is 4.79 Å². The van der Waals surface area contributed by atoms with Gasteiger partial charge in [-0.3, -0.25) is 4.79 Å². The van der Waals surface area contributed by atoms with Crippen LogP contribution < -0.4 is 4.74 Å². The molecule has 0 amide bonds. The minimum absolute atomic E-state index is 0.0165. The zero-order chi connectivity index (χ0) is 15.3. The molecule has 2 N–H and O–H groups in total. The summed E-state index contributed by atoms with van der Waals surface area (Å²) in [7, 11) is 1.61. The molecule has 0 saturated heterocycles. The van der Waals surface area contributed by atoms with Gasteiger partial charge in [-0.15, -0.1) is 0 Å². The smallest absolute Gasteiger partial charge is 0.185 e. The second kappa shape index (κ2) is 7.67. The molecule has 0 aliphatic rings. The first-order valence-corrected chi connectivity index (χ1v) is 7.50. The summed E-state index contributed by atoms with van der Waals surface area (Å²) >= 11 is 1.15. The molecule has 0 aliphatic heterocycles. The zero-order valence-electron chi connectivity index (χ0n) is 12.3. The number of hydrogen-bond acceptors (Lipinski definition) is 5. The van der Waals surface area contributed by atoms with Crippen LogP contribution in [0.1, 0.15) is 36.1 Å². The minimum atomic E-state index is -0.953. The number of carbonyl (C=O) groups excluding carboxylic acids is 1. The fourth-order valence-corrected chi connectivity index (χ4v) is 2.83. The maximum Gasteiger partial charge on any atom is 0.185 e. The number of aliphatic hydroxyl groups is 2. The molecule has 1 aromatic carbocycles. The third kappa shape index (κ3) is 4.51. The highest BCUT2D eigenvalue weighted by Gasteiger charge is 2.20. The van der Waals surface area contributed by atoms with Gasteiger partial charge in [-0.05, 0) is 49.1 Å². The van der Waals surface area contributed by atoms with Gasteiger partial charge in [0.2, 0.25) is 0 Å². The van der Waals surface area contributed by atoms with Gasteiger partial charge in [0, 0.05) is 12.7 Å². The molecule has 112 valence electrons. The first-order valence-electron chi connectivity index (χ1n) is 6.51. The lowest BCUT2D eigenvalue weighted by Crippen LogP contribution is -2.19. The van der Waals surface area contributed by atoms with E-state index in [1.165, 1.54) is 6.92 Å². The Hall–Kier alpha value is -1.04. The van der Waals surface area contributed by atoms with E-state index in [0.717, 1.165) is 28.6 Å². The molecule has 2 atom stereocenters. The largest absolute Gasteiger partial charge is 0.496 e. The second-order valence-electron chi connectivity index (χ2n) is 4.83. The van der Waals surface area contributed by atoms with Crippen LogP contribution in [0, 0.1) is 13.8 Å². The second-order valence-corrected chi connectivity index (χ2v) is 6.10. The summed E-state index contributed by atoms with van der Waals surface area (Å²) in [5.41, 5.74) is 2.51. The molecule has 1 aromatic rings. The predicted molar refractivity (Wildman–Crippen MR) is 81.2 cm³/mol. The topological polar surface area (TPSA) is 66.8 Å². The lowest BCUT2D eigenvalue weighted by atomic mass is 9.98. The normalized spacial score (nSPS) is 13.9. The maximum absolute atomic E-state index is 10.8. The van der Waals surface area contributed by atoms with E-state index < -0.39 is 12.2 Å². The van der Waals surface area contributed by atoms with Crippen LogP contribution in [0.5, 0.6) is 5.75 Å². The van der Waals surface area contributed by atoms with Crippen LogP contribution in [0.15, 0.2) is 12.1 Å². The summed E-state index contributed by atoms with van der Waals surface area (Å²) < 4.78 is 5.28. The maximum atomic E-state index is 10.8. The van der Waals surface area contributed by atoms with Crippen molar-refractivity contribution in [1.82, 2.24) is 0 Å². The molecule has 2 unspecified atom stereocenters. The third-order valence-electron chi connectivity index (χ3n) is 3.11. The molecule has 0 spiro atoms.